The fourth-order valence-corrected chi connectivity index (χ4v) is 7.75. The Labute approximate surface area is 301 Å². The van der Waals surface area contributed by atoms with E-state index in [2.05, 4.69) is 174 Å². The summed E-state index contributed by atoms with van der Waals surface area (Å²) in [7, 11) is 0. The molecule has 0 unspecified atom stereocenters. The zero-order chi connectivity index (χ0) is 34.4. The van der Waals surface area contributed by atoms with Crippen molar-refractivity contribution in [1.29, 1.82) is 0 Å². The molecule has 10 rings (SSSR count). The largest absolute Gasteiger partial charge is 0.452 e. The highest BCUT2D eigenvalue weighted by Gasteiger charge is 2.35. The van der Waals surface area contributed by atoms with E-state index in [0.29, 0.717) is 0 Å². The molecule has 0 aliphatic heterocycles. The number of aromatic nitrogens is 2. The molecule has 2 heterocycles. The van der Waals surface area contributed by atoms with Crippen LogP contribution in [-0.2, 0) is 0 Å². The van der Waals surface area contributed by atoms with E-state index in [-0.39, 0.29) is 5.92 Å². The van der Waals surface area contributed by atoms with Crippen LogP contribution in [0.1, 0.15) is 22.7 Å². The van der Waals surface area contributed by atoms with Gasteiger partial charge in [-0.3, -0.25) is 0 Å². The first kappa shape index (κ1) is 29.9. The zero-order valence-corrected chi connectivity index (χ0v) is 28.2. The van der Waals surface area contributed by atoms with E-state index >= 15 is 0 Å². The highest BCUT2D eigenvalue weighted by molar-refractivity contribution is 6.03. The summed E-state index contributed by atoms with van der Waals surface area (Å²) in [5.41, 5.74) is 14.5. The van der Waals surface area contributed by atoms with Crippen LogP contribution in [0.4, 0.5) is 34.1 Å². The third-order valence-electron chi connectivity index (χ3n) is 10.0. The molecule has 0 saturated carbocycles. The predicted molar refractivity (Wildman–Crippen MR) is 211 cm³/mol. The fourth-order valence-electron chi connectivity index (χ4n) is 7.75. The number of nitrogens with zero attached hydrogens (tertiary/aromatic N) is 4. The quantitative estimate of drug-likeness (QED) is 0.169. The van der Waals surface area contributed by atoms with Crippen LogP contribution in [0.2, 0.25) is 0 Å². The first-order valence-electron chi connectivity index (χ1n) is 17.5. The van der Waals surface area contributed by atoms with E-state index in [1.807, 2.05) is 18.2 Å². The number of benzene rings is 7. The number of rotatable bonds is 7. The minimum atomic E-state index is -0.150. The molecule has 0 bridgehead atoms. The molecule has 5 nitrogen and oxygen atoms in total. The summed E-state index contributed by atoms with van der Waals surface area (Å²) in [6.45, 7) is 0. The Morgan fingerprint density at radius 2 is 0.865 bits per heavy atom. The van der Waals surface area contributed by atoms with E-state index in [4.69, 9.17) is 14.4 Å². The standard InChI is InChI=1S/C47H32N4O/c1-5-15-32(16-6-1)50(33-17-7-2-8-18-33)36-25-27-38-41(29-36)42-30-37(51(34-19-9-3-10-20-34)35-21-11-4-12-22-35)26-28-39(42)44(38)46-47-45(48-31-49-46)40-23-13-14-24-43(40)52-47/h1-31,44H. The summed E-state index contributed by atoms with van der Waals surface area (Å²) in [5.74, 6) is -0.150. The molecule has 2 aromatic heterocycles. The molecule has 52 heavy (non-hydrogen) atoms. The van der Waals surface area contributed by atoms with Gasteiger partial charge in [-0.15, -0.1) is 0 Å². The second kappa shape index (κ2) is 12.4. The number of furan rings is 1. The molecule has 0 spiro atoms. The van der Waals surface area contributed by atoms with E-state index in [1.54, 1.807) is 6.33 Å². The highest BCUT2D eigenvalue weighted by atomic mass is 16.3. The summed E-state index contributed by atoms with van der Waals surface area (Å²) < 4.78 is 6.54. The first-order chi connectivity index (χ1) is 25.8. The van der Waals surface area contributed by atoms with Gasteiger partial charge in [0.15, 0.2) is 5.58 Å². The number of fused-ring (bicyclic) bond motifs is 6. The number of hydrogen-bond acceptors (Lipinski definition) is 5. The van der Waals surface area contributed by atoms with Crippen LogP contribution in [0.3, 0.4) is 0 Å². The van der Waals surface area contributed by atoms with E-state index in [1.165, 1.54) is 22.3 Å². The summed E-state index contributed by atoms with van der Waals surface area (Å²) in [5, 5.41) is 0.994. The third kappa shape index (κ3) is 4.94. The molecule has 0 fully saturated rings. The Kier molecular flexibility index (Phi) is 7.14. The maximum Gasteiger partial charge on any atom is 0.176 e. The number of anilines is 6. The maximum atomic E-state index is 6.54. The SMILES string of the molecule is c1ccc(N(c2ccccc2)c2ccc3c(c2)-c2cc(N(c4ccccc4)c4ccccc4)ccc2C3c2ncnc3c2oc2ccccc23)cc1. The molecule has 0 N–H and O–H groups in total. The number of hydrogen-bond donors (Lipinski definition) is 0. The minimum Gasteiger partial charge on any atom is -0.452 e. The van der Waals surface area contributed by atoms with Crippen LogP contribution in [-0.4, -0.2) is 9.97 Å². The molecule has 0 amide bonds. The fraction of sp³-hybridized carbons (Fsp3) is 0.0213. The van der Waals surface area contributed by atoms with Crippen LogP contribution in [0.15, 0.2) is 193 Å². The summed E-state index contributed by atoms with van der Waals surface area (Å²) in [6.07, 6.45) is 1.68. The molecule has 1 aliphatic carbocycles. The van der Waals surface area contributed by atoms with Gasteiger partial charge in [-0.25, -0.2) is 9.97 Å². The van der Waals surface area contributed by atoms with Gasteiger partial charge in [0, 0.05) is 39.5 Å². The van der Waals surface area contributed by atoms with Crippen molar-refractivity contribution in [3.63, 3.8) is 0 Å². The molecule has 0 radical (unpaired) electrons. The highest BCUT2D eigenvalue weighted by Crippen LogP contribution is 2.53. The van der Waals surface area contributed by atoms with Gasteiger partial charge >= 0.3 is 0 Å². The monoisotopic (exact) mass is 668 g/mol. The lowest BCUT2D eigenvalue weighted by molar-refractivity contribution is 0.655. The Hall–Kier alpha value is -6.98. The smallest absolute Gasteiger partial charge is 0.176 e. The van der Waals surface area contributed by atoms with Crippen molar-refractivity contribution < 1.29 is 4.42 Å². The second-order valence-corrected chi connectivity index (χ2v) is 13.0. The van der Waals surface area contributed by atoms with Crippen molar-refractivity contribution in [2.45, 2.75) is 5.92 Å². The number of para-hydroxylation sites is 5. The first-order valence-corrected chi connectivity index (χ1v) is 17.5. The van der Waals surface area contributed by atoms with E-state index < -0.39 is 0 Å². The van der Waals surface area contributed by atoms with E-state index in [9.17, 15) is 0 Å². The molecular weight excluding hydrogens is 637 g/mol. The van der Waals surface area contributed by atoms with Gasteiger partial charge in [0.05, 0.1) is 11.6 Å². The molecular formula is C47H32N4O. The van der Waals surface area contributed by atoms with Crippen LogP contribution in [0.5, 0.6) is 0 Å². The normalized spacial score (nSPS) is 12.2. The summed E-state index contributed by atoms with van der Waals surface area (Å²) in [6, 6.07) is 64.0. The van der Waals surface area contributed by atoms with Gasteiger partial charge in [0.2, 0.25) is 0 Å². The summed E-state index contributed by atoms with van der Waals surface area (Å²) in [4.78, 5) is 14.3. The van der Waals surface area contributed by atoms with Crippen LogP contribution >= 0.6 is 0 Å². The van der Waals surface area contributed by atoms with Gasteiger partial charge in [-0.05, 0) is 107 Å². The Bertz CT molecular complexity index is 2480. The van der Waals surface area contributed by atoms with Crippen molar-refractivity contribution in [3.8, 4) is 11.1 Å². The summed E-state index contributed by atoms with van der Waals surface area (Å²) >= 11 is 0. The topological polar surface area (TPSA) is 45.4 Å². The average molecular weight is 669 g/mol. The molecule has 0 atom stereocenters. The van der Waals surface area contributed by atoms with Crippen LogP contribution in [0, 0.1) is 0 Å². The van der Waals surface area contributed by atoms with Crippen molar-refractivity contribution in [1.82, 2.24) is 9.97 Å². The van der Waals surface area contributed by atoms with Gasteiger partial charge in [-0.2, -0.15) is 0 Å². The van der Waals surface area contributed by atoms with Crippen molar-refractivity contribution in [2.75, 3.05) is 9.80 Å². The van der Waals surface area contributed by atoms with Crippen molar-refractivity contribution in [2.24, 2.45) is 0 Å². The zero-order valence-electron chi connectivity index (χ0n) is 28.2. The van der Waals surface area contributed by atoms with E-state index in [0.717, 1.165) is 61.9 Å². The van der Waals surface area contributed by atoms with Crippen molar-refractivity contribution in [3.05, 3.63) is 205 Å². The van der Waals surface area contributed by atoms with Gasteiger partial charge in [-0.1, -0.05) is 97.1 Å². The average Bonchev–Trinajstić information content (AvgIpc) is 3.75. The Morgan fingerprint density at radius 1 is 0.423 bits per heavy atom. The molecule has 9 aromatic rings. The lowest BCUT2D eigenvalue weighted by atomic mass is 9.92. The molecule has 0 saturated heterocycles. The Balaban J connectivity index is 1.21. The molecule has 5 heteroatoms. The molecule has 246 valence electrons. The minimum absolute atomic E-state index is 0.150. The van der Waals surface area contributed by atoms with Gasteiger partial charge < -0.3 is 14.2 Å². The lowest BCUT2D eigenvalue weighted by Crippen LogP contribution is -2.10. The molecule has 7 aromatic carbocycles. The lowest BCUT2D eigenvalue weighted by Gasteiger charge is -2.27. The Morgan fingerprint density at radius 3 is 1.35 bits per heavy atom. The second-order valence-electron chi connectivity index (χ2n) is 13.0. The van der Waals surface area contributed by atoms with Crippen molar-refractivity contribution >= 4 is 56.2 Å². The van der Waals surface area contributed by atoms with Gasteiger partial charge in [0.1, 0.15) is 17.4 Å². The third-order valence-corrected chi connectivity index (χ3v) is 10.0. The molecule has 1 aliphatic rings. The maximum absolute atomic E-state index is 6.54. The predicted octanol–water partition coefficient (Wildman–Crippen LogP) is 12.5. The van der Waals surface area contributed by atoms with Gasteiger partial charge in [0.25, 0.3) is 0 Å². The van der Waals surface area contributed by atoms with Crippen LogP contribution in [0.25, 0.3) is 33.2 Å². The van der Waals surface area contributed by atoms with Crippen LogP contribution < -0.4 is 9.80 Å².